The van der Waals surface area contributed by atoms with Crippen molar-refractivity contribution in [3.8, 4) is 6.07 Å². The lowest BCUT2D eigenvalue weighted by Crippen LogP contribution is -2.38. The van der Waals surface area contributed by atoms with Gasteiger partial charge in [-0.3, -0.25) is 4.98 Å². The third-order valence-corrected chi connectivity index (χ3v) is 5.22. The summed E-state index contributed by atoms with van der Waals surface area (Å²) < 4.78 is 14.1. The molecule has 2 aromatic rings. The molecule has 1 heterocycles. The van der Waals surface area contributed by atoms with Crippen LogP contribution in [0.25, 0.3) is 10.9 Å². The summed E-state index contributed by atoms with van der Waals surface area (Å²) >= 11 is 3.20. The number of nitriles is 1. The average molecular weight is 393 g/mol. The van der Waals surface area contributed by atoms with Gasteiger partial charge >= 0.3 is 0 Å². The molecule has 0 radical (unpaired) electrons. The van der Waals surface area contributed by atoms with Gasteiger partial charge in [0, 0.05) is 17.5 Å². The molecule has 1 fully saturated rings. The van der Waals surface area contributed by atoms with E-state index in [4.69, 9.17) is 11.0 Å². The van der Waals surface area contributed by atoms with E-state index < -0.39 is 5.60 Å². The van der Waals surface area contributed by atoms with Crippen LogP contribution >= 0.6 is 15.9 Å². The zero-order chi connectivity index (χ0) is 17.3. The predicted molar refractivity (Wildman–Crippen MR) is 94.9 cm³/mol. The van der Waals surface area contributed by atoms with Gasteiger partial charge in [-0.25, -0.2) is 4.39 Å². The number of fused-ring (bicyclic) bond motifs is 1. The SMILES string of the molecule is N#CCC1(O)CCC(Nc2c(N)cnc3cc(F)c(Br)cc23)CC1. The normalized spacial score (nSPS) is 23.8. The van der Waals surface area contributed by atoms with Gasteiger partial charge in [0.05, 0.1) is 45.7 Å². The number of hydrogen-bond acceptors (Lipinski definition) is 5. The van der Waals surface area contributed by atoms with E-state index in [0.29, 0.717) is 28.5 Å². The lowest BCUT2D eigenvalue weighted by atomic mass is 9.80. The smallest absolute Gasteiger partial charge is 0.139 e. The summed E-state index contributed by atoms with van der Waals surface area (Å²) in [7, 11) is 0. The number of benzene rings is 1. The molecular formula is C17H18BrFN4O. The van der Waals surface area contributed by atoms with Gasteiger partial charge in [0.15, 0.2) is 0 Å². The maximum Gasteiger partial charge on any atom is 0.139 e. The highest BCUT2D eigenvalue weighted by Crippen LogP contribution is 2.36. The second-order valence-corrected chi connectivity index (χ2v) is 7.20. The Kier molecular flexibility index (Phi) is 4.61. The lowest BCUT2D eigenvalue weighted by Gasteiger charge is -2.35. The Hall–Kier alpha value is -1.91. The topological polar surface area (TPSA) is 95.0 Å². The number of hydrogen-bond donors (Lipinski definition) is 3. The van der Waals surface area contributed by atoms with Crippen LogP contribution in [0, 0.1) is 17.1 Å². The summed E-state index contributed by atoms with van der Waals surface area (Å²) in [5.41, 5.74) is 6.95. The first kappa shape index (κ1) is 16.9. The van der Waals surface area contributed by atoms with Gasteiger partial charge in [0.2, 0.25) is 0 Å². The van der Waals surface area contributed by atoms with Crippen LogP contribution in [0.2, 0.25) is 0 Å². The van der Waals surface area contributed by atoms with E-state index in [1.807, 2.05) is 6.07 Å². The Balaban J connectivity index is 1.85. The highest BCUT2D eigenvalue weighted by atomic mass is 79.9. The highest BCUT2D eigenvalue weighted by Gasteiger charge is 2.33. The summed E-state index contributed by atoms with van der Waals surface area (Å²) in [6, 6.07) is 5.23. The molecule has 4 N–H and O–H groups in total. The molecule has 1 aromatic carbocycles. The number of nitrogens with two attached hydrogens (primary N) is 1. The van der Waals surface area contributed by atoms with Crippen LogP contribution in [0.5, 0.6) is 0 Å². The molecule has 0 spiro atoms. The Morgan fingerprint density at radius 3 is 2.83 bits per heavy atom. The average Bonchev–Trinajstić information content (AvgIpc) is 2.54. The van der Waals surface area contributed by atoms with Gasteiger partial charge in [-0.2, -0.15) is 5.26 Å². The van der Waals surface area contributed by atoms with E-state index in [1.165, 1.54) is 12.3 Å². The van der Waals surface area contributed by atoms with Crippen LogP contribution in [-0.2, 0) is 0 Å². The molecule has 1 aliphatic rings. The molecule has 7 heteroatoms. The van der Waals surface area contributed by atoms with E-state index in [9.17, 15) is 9.50 Å². The second-order valence-electron chi connectivity index (χ2n) is 6.35. The van der Waals surface area contributed by atoms with E-state index in [0.717, 1.165) is 23.9 Å². The van der Waals surface area contributed by atoms with Crippen LogP contribution in [0.4, 0.5) is 15.8 Å². The number of pyridine rings is 1. The molecular weight excluding hydrogens is 375 g/mol. The molecule has 126 valence electrons. The summed E-state index contributed by atoms with van der Waals surface area (Å²) in [5, 5.41) is 23.3. The summed E-state index contributed by atoms with van der Waals surface area (Å²) in [4.78, 5) is 4.18. The number of halogens is 2. The molecule has 0 saturated heterocycles. The van der Waals surface area contributed by atoms with Gasteiger partial charge in [-0.05, 0) is 47.7 Å². The Morgan fingerprint density at radius 1 is 1.46 bits per heavy atom. The minimum atomic E-state index is -0.884. The Labute approximate surface area is 147 Å². The number of nitrogens with one attached hydrogen (secondary N) is 1. The fourth-order valence-corrected chi connectivity index (χ4v) is 3.53. The lowest BCUT2D eigenvalue weighted by molar-refractivity contribution is 0.00587. The number of rotatable bonds is 3. The van der Waals surface area contributed by atoms with Crippen molar-refractivity contribution >= 4 is 38.2 Å². The van der Waals surface area contributed by atoms with Crippen molar-refractivity contribution in [3.05, 3.63) is 28.6 Å². The molecule has 5 nitrogen and oxygen atoms in total. The number of nitrogen functional groups attached to an aromatic ring is 1. The van der Waals surface area contributed by atoms with Crippen molar-refractivity contribution in [1.82, 2.24) is 4.98 Å². The van der Waals surface area contributed by atoms with Crippen molar-refractivity contribution in [3.63, 3.8) is 0 Å². The van der Waals surface area contributed by atoms with E-state index in [2.05, 4.69) is 26.2 Å². The second kappa shape index (κ2) is 6.54. The summed E-state index contributed by atoms with van der Waals surface area (Å²) in [6.07, 6.45) is 4.30. The van der Waals surface area contributed by atoms with Gasteiger partial charge in [-0.1, -0.05) is 0 Å². The Morgan fingerprint density at radius 2 is 2.17 bits per heavy atom. The molecule has 1 aromatic heterocycles. The van der Waals surface area contributed by atoms with Gasteiger partial charge < -0.3 is 16.2 Å². The molecule has 0 unspecified atom stereocenters. The first-order valence-corrected chi connectivity index (χ1v) is 8.60. The summed E-state index contributed by atoms with van der Waals surface area (Å²) in [5.74, 6) is -0.370. The zero-order valence-electron chi connectivity index (χ0n) is 13.0. The van der Waals surface area contributed by atoms with Gasteiger partial charge in [0.25, 0.3) is 0 Å². The number of aliphatic hydroxyl groups is 1. The van der Waals surface area contributed by atoms with Crippen LogP contribution in [-0.4, -0.2) is 21.7 Å². The van der Waals surface area contributed by atoms with Crippen molar-refractivity contribution in [2.45, 2.75) is 43.7 Å². The zero-order valence-corrected chi connectivity index (χ0v) is 14.6. The minimum Gasteiger partial charge on any atom is -0.396 e. The van der Waals surface area contributed by atoms with Gasteiger partial charge in [0.1, 0.15) is 5.82 Å². The molecule has 1 saturated carbocycles. The third-order valence-electron chi connectivity index (χ3n) is 4.61. The van der Waals surface area contributed by atoms with Crippen LogP contribution in [0.15, 0.2) is 22.8 Å². The van der Waals surface area contributed by atoms with Crippen LogP contribution < -0.4 is 11.1 Å². The van der Waals surface area contributed by atoms with Crippen molar-refractivity contribution < 1.29 is 9.50 Å². The van der Waals surface area contributed by atoms with E-state index in [-0.39, 0.29) is 18.3 Å². The van der Waals surface area contributed by atoms with Crippen molar-refractivity contribution in [1.29, 1.82) is 5.26 Å². The fraction of sp³-hybridized carbons (Fsp3) is 0.412. The van der Waals surface area contributed by atoms with Crippen LogP contribution in [0.1, 0.15) is 32.1 Å². The molecule has 3 rings (SSSR count). The largest absolute Gasteiger partial charge is 0.396 e. The molecule has 0 aliphatic heterocycles. The standard InChI is InChI=1S/C17H18BrFN4O/c18-12-7-11-15(8-13(12)19)22-9-14(21)16(11)23-10-1-3-17(24,4-2-10)5-6-20/h7-10,24H,1-5,21H2,(H,22,23). The minimum absolute atomic E-state index is 0.140. The first-order chi connectivity index (χ1) is 11.4. The van der Waals surface area contributed by atoms with Crippen molar-refractivity contribution in [2.75, 3.05) is 11.1 Å². The van der Waals surface area contributed by atoms with Gasteiger partial charge in [-0.15, -0.1) is 0 Å². The number of nitrogens with zero attached hydrogens (tertiary/aromatic N) is 2. The first-order valence-electron chi connectivity index (χ1n) is 7.81. The van der Waals surface area contributed by atoms with Crippen LogP contribution in [0.3, 0.4) is 0 Å². The maximum absolute atomic E-state index is 13.7. The molecule has 0 atom stereocenters. The number of anilines is 2. The number of aromatic nitrogens is 1. The van der Waals surface area contributed by atoms with E-state index in [1.54, 1.807) is 6.07 Å². The monoisotopic (exact) mass is 392 g/mol. The molecule has 0 amide bonds. The van der Waals surface area contributed by atoms with Crippen molar-refractivity contribution in [2.24, 2.45) is 0 Å². The molecule has 24 heavy (non-hydrogen) atoms. The molecule has 1 aliphatic carbocycles. The predicted octanol–water partition coefficient (Wildman–Crippen LogP) is 3.72. The Bertz CT molecular complexity index is 812. The maximum atomic E-state index is 13.7. The quantitative estimate of drug-likeness (QED) is 0.739. The fourth-order valence-electron chi connectivity index (χ4n) is 3.19. The highest BCUT2D eigenvalue weighted by molar-refractivity contribution is 9.10. The molecule has 0 bridgehead atoms. The third kappa shape index (κ3) is 3.30. The van der Waals surface area contributed by atoms with E-state index >= 15 is 0 Å². The summed E-state index contributed by atoms with van der Waals surface area (Å²) in [6.45, 7) is 0.